The molecule has 2 heterocycles. The molecular weight excluding hydrogens is 432 g/mol. The van der Waals surface area contributed by atoms with Crippen molar-refractivity contribution < 1.29 is 33.3 Å². The number of hydrogen-bond acceptors (Lipinski definition) is 9. The molecule has 12 heteroatoms. The third-order valence-electron chi connectivity index (χ3n) is 3.48. The predicted octanol–water partition coefficient (Wildman–Crippen LogP) is -0.382. The normalized spacial score (nSPS) is 24.3. The minimum absolute atomic E-state index is 0.221. The van der Waals surface area contributed by atoms with Crippen molar-refractivity contribution in [2.24, 2.45) is 0 Å². The molecule has 0 aromatic carbocycles. The summed E-state index contributed by atoms with van der Waals surface area (Å²) in [5.74, 6) is -2.32. The first-order chi connectivity index (χ1) is 12.6. The standard InChI is InChI=1S/C15H17BrN2O9/c1-6(19)24-5-10-12(26-8(3)21)11(16)14(27-10)18-4-9(25-7(2)20)13(22)17-15(18)23/h4,10-12,14H,5H2,1-3H3,(H,17,22,23)/t10-,11+,12-,14-/m1/s1. The molecule has 0 radical (unpaired) electrons. The number of ether oxygens (including phenoxy) is 4. The Morgan fingerprint density at radius 3 is 2.41 bits per heavy atom. The molecule has 1 fully saturated rings. The molecule has 0 amide bonds. The predicted molar refractivity (Wildman–Crippen MR) is 91.4 cm³/mol. The van der Waals surface area contributed by atoms with Gasteiger partial charge in [0.05, 0.1) is 11.0 Å². The van der Waals surface area contributed by atoms with Gasteiger partial charge in [-0.2, -0.15) is 0 Å². The lowest BCUT2D eigenvalue weighted by Crippen LogP contribution is -2.37. The number of halogens is 1. The van der Waals surface area contributed by atoms with Crippen LogP contribution in [0, 0.1) is 0 Å². The van der Waals surface area contributed by atoms with Gasteiger partial charge in [0.15, 0.2) is 6.23 Å². The second-order valence-corrected chi connectivity index (χ2v) is 6.70. The van der Waals surface area contributed by atoms with E-state index < -0.39 is 58.2 Å². The van der Waals surface area contributed by atoms with Gasteiger partial charge >= 0.3 is 23.6 Å². The molecule has 0 saturated carbocycles. The number of carbonyl (C=O) groups excluding carboxylic acids is 3. The van der Waals surface area contributed by atoms with E-state index in [4.69, 9.17) is 18.9 Å². The molecular formula is C15H17BrN2O9. The van der Waals surface area contributed by atoms with Gasteiger partial charge in [-0.05, 0) is 0 Å². The van der Waals surface area contributed by atoms with Gasteiger partial charge in [0, 0.05) is 20.8 Å². The molecule has 11 nitrogen and oxygen atoms in total. The third kappa shape index (κ3) is 5.04. The van der Waals surface area contributed by atoms with Gasteiger partial charge in [0.1, 0.15) is 18.8 Å². The zero-order valence-electron chi connectivity index (χ0n) is 14.6. The summed E-state index contributed by atoms with van der Waals surface area (Å²) in [5, 5.41) is 0. The number of hydrogen-bond donors (Lipinski definition) is 1. The molecule has 0 spiro atoms. The highest BCUT2D eigenvalue weighted by Gasteiger charge is 2.47. The van der Waals surface area contributed by atoms with Crippen molar-refractivity contribution >= 4 is 33.8 Å². The number of rotatable bonds is 5. The summed E-state index contributed by atoms with van der Waals surface area (Å²) in [6, 6.07) is 0. The van der Waals surface area contributed by atoms with Gasteiger partial charge < -0.3 is 18.9 Å². The van der Waals surface area contributed by atoms with E-state index in [-0.39, 0.29) is 6.61 Å². The van der Waals surface area contributed by atoms with Crippen LogP contribution in [-0.2, 0) is 28.6 Å². The maximum atomic E-state index is 12.2. The molecule has 1 saturated heterocycles. The summed E-state index contributed by atoms with van der Waals surface area (Å²) < 4.78 is 21.6. The Morgan fingerprint density at radius 2 is 1.85 bits per heavy atom. The quantitative estimate of drug-likeness (QED) is 0.470. The molecule has 0 aliphatic carbocycles. The van der Waals surface area contributed by atoms with Gasteiger partial charge in [-0.3, -0.25) is 28.7 Å². The second-order valence-electron chi connectivity index (χ2n) is 5.64. The van der Waals surface area contributed by atoms with Crippen molar-refractivity contribution in [3.8, 4) is 5.75 Å². The monoisotopic (exact) mass is 448 g/mol. The Morgan fingerprint density at radius 1 is 1.19 bits per heavy atom. The molecule has 1 N–H and O–H groups in total. The van der Waals surface area contributed by atoms with Crippen LogP contribution in [0.1, 0.15) is 27.0 Å². The van der Waals surface area contributed by atoms with Crippen LogP contribution in [0.3, 0.4) is 0 Å². The fourth-order valence-corrected chi connectivity index (χ4v) is 3.30. The molecule has 2 rings (SSSR count). The Labute approximate surface area is 160 Å². The van der Waals surface area contributed by atoms with Gasteiger partial charge in [-0.25, -0.2) is 4.79 Å². The zero-order chi connectivity index (χ0) is 20.3. The minimum atomic E-state index is -1.05. The van der Waals surface area contributed by atoms with Gasteiger partial charge in [0.25, 0.3) is 5.56 Å². The molecule has 148 valence electrons. The maximum absolute atomic E-state index is 12.2. The van der Waals surface area contributed by atoms with Gasteiger partial charge in [-0.15, -0.1) is 0 Å². The van der Waals surface area contributed by atoms with Crippen molar-refractivity contribution in [2.75, 3.05) is 6.61 Å². The van der Waals surface area contributed by atoms with Crippen molar-refractivity contribution in [3.05, 3.63) is 27.0 Å². The molecule has 1 aromatic heterocycles. The van der Waals surface area contributed by atoms with Crippen LogP contribution in [0.25, 0.3) is 0 Å². The number of alkyl halides is 1. The molecule has 4 atom stereocenters. The fourth-order valence-electron chi connectivity index (χ4n) is 2.47. The number of nitrogens with zero attached hydrogens (tertiary/aromatic N) is 1. The van der Waals surface area contributed by atoms with E-state index in [0.717, 1.165) is 17.7 Å². The first kappa shape index (κ1) is 20.8. The van der Waals surface area contributed by atoms with Gasteiger partial charge in [0.2, 0.25) is 5.75 Å². The number of H-pyrrole nitrogens is 1. The van der Waals surface area contributed by atoms with Crippen LogP contribution in [0.5, 0.6) is 5.75 Å². The topological polar surface area (TPSA) is 143 Å². The van der Waals surface area contributed by atoms with Crippen molar-refractivity contribution in [1.82, 2.24) is 9.55 Å². The Hall–Kier alpha value is -2.47. The summed E-state index contributed by atoms with van der Waals surface area (Å²) in [6.45, 7) is 3.28. The molecule has 1 aliphatic rings. The van der Waals surface area contributed by atoms with Crippen LogP contribution >= 0.6 is 15.9 Å². The molecule has 1 aliphatic heterocycles. The number of nitrogens with one attached hydrogen (secondary N) is 1. The second kappa shape index (κ2) is 8.48. The summed E-state index contributed by atoms with van der Waals surface area (Å²) in [4.78, 5) is 58.8. The lowest BCUT2D eigenvalue weighted by atomic mass is 10.2. The van der Waals surface area contributed by atoms with Crippen molar-refractivity contribution in [3.63, 3.8) is 0 Å². The van der Waals surface area contributed by atoms with Crippen LogP contribution in [0.15, 0.2) is 15.8 Å². The Balaban J connectivity index is 2.38. The first-order valence-corrected chi connectivity index (χ1v) is 8.65. The lowest BCUT2D eigenvalue weighted by Gasteiger charge is -2.19. The highest BCUT2D eigenvalue weighted by atomic mass is 79.9. The summed E-state index contributed by atoms with van der Waals surface area (Å²) in [7, 11) is 0. The highest BCUT2D eigenvalue weighted by Crippen LogP contribution is 2.36. The average Bonchev–Trinajstić information content (AvgIpc) is 2.83. The average molecular weight is 449 g/mol. The zero-order valence-corrected chi connectivity index (χ0v) is 16.2. The van der Waals surface area contributed by atoms with E-state index in [9.17, 15) is 24.0 Å². The Bertz CT molecular complexity index is 862. The Kier molecular flexibility index (Phi) is 6.54. The molecule has 0 bridgehead atoms. The smallest absolute Gasteiger partial charge is 0.330 e. The SMILES string of the molecule is CC(=O)OC[C@H]1O[C@@H](n2cc(OC(C)=O)c(=O)[nH]c2=O)[C@@H](Br)[C@@H]1OC(C)=O. The largest absolute Gasteiger partial charge is 0.463 e. The molecule has 0 unspecified atom stereocenters. The van der Waals surface area contributed by atoms with E-state index >= 15 is 0 Å². The fraction of sp³-hybridized carbons (Fsp3) is 0.533. The van der Waals surface area contributed by atoms with E-state index in [1.165, 1.54) is 13.8 Å². The van der Waals surface area contributed by atoms with Crippen LogP contribution in [-0.4, -0.2) is 51.1 Å². The van der Waals surface area contributed by atoms with Crippen LogP contribution in [0.4, 0.5) is 0 Å². The first-order valence-electron chi connectivity index (χ1n) is 7.74. The highest BCUT2D eigenvalue weighted by molar-refractivity contribution is 9.09. The number of aromatic amines is 1. The molecule has 1 aromatic rings. The summed E-state index contributed by atoms with van der Waals surface area (Å²) in [5.41, 5.74) is -1.72. The summed E-state index contributed by atoms with van der Waals surface area (Å²) in [6.07, 6.45) is -1.79. The third-order valence-corrected chi connectivity index (χ3v) is 4.46. The van der Waals surface area contributed by atoms with E-state index in [1.807, 2.05) is 4.98 Å². The minimum Gasteiger partial charge on any atom is -0.463 e. The maximum Gasteiger partial charge on any atom is 0.330 e. The van der Waals surface area contributed by atoms with Crippen LogP contribution < -0.4 is 16.0 Å². The molecule has 27 heavy (non-hydrogen) atoms. The van der Waals surface area contributed by atoms with E-state index in [0.29, 0.717) is 0 Å². The van der Waals surface area contributed by atoms with E-state index in [2.05, 4.69) is 15.9 Å². The number of aromatic nitrogens is 2. The lowest BCUT2D eigenvalue weighted by molar-refractivity contribution is -0.155. The number of carbonyl (C=O) groups is 3. The van der Waals surface area contributed by atoms with Crippen molar-refractivity contribution in [2.45, 2.75) is 44.0 Å². The van der Waals surface area contributed by atoms with Crippen LogP contribution in [0.2, 0.25) is 0 Å². The van der Waals surface area contributed by atoms with E-state index in [1.54, 1.807) is 0 Å². The van der Waals surface area contributed by atoms with Gasteiger partial charge in [-0.1, -0.05) is 15.9 Å². The number of esters is 3. The van der Waals surface area contributed by atoms with Crippen molar-refractivity contribution in [1.29, 1.82) is 0 Å². The summed E-state index contributed by atoms with van der Waals surface area (Å²) >= 11 is 3.31.